The molecule has 0 bridgehead atoms. The van der Waals surface area contributed by atoms with Gasteiger partial charge in [0.2, 0.25) is 0 Å². The van der Waals surface area contributed by atoms with E-state index < -0.39 is 28.4 Å². The molecule has 6 heteroatoms. The molecule has 1 amide bonds. The molecule has 0 heterocycles. The van der Waals surface area contributed by atoms with Crippen LogP contribution >= 0.6 is 18.6 Å². The molecule has 0 aliphatic heterocycles. The van der Waals surface area contributed by atoms with E-state index in [1.807, 2.05) is 0 Å². The van der Waals surface area contributed by atoms with Gasteiger partial charge in [0.05, 0.1) is 5.91 Å². The molecule has 22 heavy (non-hydrogen) atoms. The van der Waals surface area contributed by atoms with Gasteiger partial charge in [-0.15, -0.1) is 29.7 Å². The van der Waals surface area contributed by atoms with Crippen LogP contribution in [0.2, 0.25) is 13.1 Å². The zero-order chi connectivity index (χ0) is 17.6. The molecule has 2 aromatic carbocycles. The SMILES string of the molecule is CC(C)(C)C([NH-])=O.C[Si]C.[Cl][Ti][Cl].c1ccc2[cH-]ccc2c1. The van der Waals surface area contributed by atoms with Gasteiger partial charge in [0.15, 0.2) is 0 Å². The number of hydrogen-bond donors (Lipinski definition) is 0. The first-order valence-electron chi connectivity index (χ1n) is 6.65. The molecule has 2 nitrogen and oxygen atoms in total. The Labute approximate surface area is 153 Å². The first-order chi connectivity index (χ1) is 10.2. The summed E-state index contributed by atoms with van der Waals surface area (Å²) in [6, 6.07) is 14.7. The number of benzene rings is 1. The predicted molar refractivity (Wildman–Crippen MR) is 97.5 cm³/mol. The molecular formula is C16H23Cl2NOSiTi-2. The van der Waals surface area contributed by atoms with E-state index in [0.29, 0.717) is 0 Å². The number of rotatable bonds is 0. The largest absolute Gasteiger partial charge is 0.168 e. The quantitative estimate of drug-likeness (QED) is 0.381. The van der Waals surface area contributed by atoms with Crippen molar-refractivity contribution >= 4 is 44.8 Å². The van der Waals surface area contributed by atoms with E-state index >= 15 is 0 Å². The molecular weight excluding hydrogens is 369 g/mol. The van der Waals surface area contributed by atoms with Gasteiger partial charge in [-0.05, 0) is 0 Å². The Morgan fingerprint density at radius 2 is 1.59 bits per heavy atom. The van der Waals surface area contributed by atoms with Gasteiger partial charge >= 0.3 is 35.6 Å². The summed E-state index contributed by atoms with van der Waals surface area (Å²) in [5.41, 5.74) is 6.12. The van der Waals surface area contributed by atoms with Crippen LogP contribution in [0, 0.1) is 5.41 Å². The normalized spacial score (nSPS) is 9.23. The summed E-state index contributed by atoms with van der Waals surface area (Å²) < 4.78 is 0. The van der Waals surface area contributed by atoms with Crippen molar-refractivity contribution in [2.24, 2.45) is 5.41 Å². The summed E-state index contributed by atoms with van der Waals surface area (Å²) in [6.07, 6.45) is 0. The molecule has 0 saturated carbocycles. The van der Waals surface area contributed by atoms with Crippen molar-refractivity contribution < 1.29 is 21.8 Å². The summed E-state index contributed by atoms with van der Waals surface area (Å²) in [7, 11) is 10.9. The van der Waals surface area contributed by atoms with Crippen LogP contribution in [-0.4, -0.2) is 15.4 Å². The first kappa shape index (κ1) is 24.1. The summed E-state index contributed by atoms with van der Waals surface area (Å²) in [4.78, 5) is 10.1. The van der Waals surface area contributed by atoms with E-state index in [0.717, 1.165) is 9.52 Å². The molecule has 0 aromatic heterocycles. The Balaban J connectivity index is 0. The van der Waals surface area contributed by atoms with E-state index in [2.05, 4.69) is 55.6 Å². The summed E-state index contributed by atoms with van der Waals surface area (Å²) in [5, 5.41) is 2.66. The number of halogens is 2. The maximum absolute atomic E-state index is 10.1. The Morgan fingerprint density at radius 1 is 1.18 bits per heavy atom. The molecule has 0 saturated heterocycles. The third-order valence-electron chi connectivity index (χ3n) is 2.23. The standard InChI is InChI=1S/C9H7.C5H11NO.C2H6Si.2ClH.Ti/c1-2-5-9-7-3-6-8(9)4-1;1-5(2,3)4(6)7;1-3-2;;;/h1-7H;1-3H3,(H2,6,7);1-2H3;2*1H;/q-1;;;;;+2/p-3. The zero-order valence-corrected chi connectivity index (χ0v) is 17.8. The van der Waals surface area contributed by atoms with Gasteiger partial charge in [-0.2, -0.15) is 17.5 Å². The number of carbonyl (C=O) groups excluding carboxylic acids is 1. The molecule has 0 fully saturated rings. The van der Waals surface area contributed by atoms with Crippen molar-refractivity contribution in [3.05, 3.63) is 48.2 Å². The minimum atomic E-state index is -0.556. The van der Waals surface area contributed by atoms with Crippen LogP contribution in [0.1, 0.15) is 20.8 Å². The Kier molecular flexibility index (Phi) is 15.8. The zero-order valence-electron chi connectivity index (χ0n) is 13.7. The molecule has 2 aromatic rings. The molecule has 122 valence electrons. The van der Waals surface area contributed by atoms with Crippen LogP contribution in [0.3, 0.4) is 0 Å². The van der Waals surface area contributed by atoms with Crippen LogP contribution in [0.15, 0.2) is 42.5 Å². The van der Waals surface area contributed by atoms with Gasteiger partial charge in [0.25, 0.3) is 0 Å². The van der Waals surface area contributed by atoms with Gasteiger partial charge < -0.3 is 10.5 Å². The van der Waals surface area contributed by atoms with Crippen LogP contribution < -0.4 is 0 Å². The summed E-state index contributed by atoms with van der Waals surface area (Å²) in [5.74, 6) is -0.507. The molecule has 0 aliphatic carbocycles. The van der Waals surface area contributed by atoms with E-state index in [1.54, 1.807) is 20.8 Å². The summed E-state index contributed by atoms with van der Waals surface area (Å²) in [6.45, 7) is 9.48. The van der Waals surface area contributed by atoms with Crippen molar-refractivity contribution in [2.75, 3.05) is 0 Å². The fourth-order valence-electron chi connectivity index (χ4n) is 1.07. The van der Waals surface area contributed by atoms with Crippen LogP contribution in [-0.2, 0) is 21.8 Å². The third kappa shape index (κ3) is 13.5. The average Bonchev–Trinajstić information content (AvgIpc) is 2.88. The third-order valence-corrected chi connectivity index (χ3v) is 2.23. The Morgan fingerprint density at radius 3 is 1.95 bits per heavy atom. The Bertz CT molecular complexity index is 480. The molecule has 1 N–H and O–H groups in total. The second-order valence-corrected chi connectivity index (χ2v) is 8.88. The predicted octanol–water partition coefficient (Wildman–Crippen LogP) is 6.33. The van der Waals surface area contributed by atoms with Crippen molar-refractivity contribution in [3.8, 4) is 0 Å². The number of amides is 1. The van der Waals surface area contributed by atoms with Gasteiger partial charge in [-0.3, -0.25) is 0 Å². The second-order valence-electron chi connectivity index (χ2n) is 5.31. The molecule has 0 unspecified atom stereocenters. The summed E-state index contributed by atoms with van der Waals surface area (Å²) >= 11 is -0.556. The van der Waals surface area contributed by atoms with Crippen molar-refractivity contribution in [1.82, 2.24) is 0 Å². The molecule has 0 spiro atoms. The van der Waals surface area contributed by atoms with E-state index in [1.165, 1.54) is 10.8 Å². The average molecular weight is 392 g/mol. The number of fused-ring (bicyclic) bond motifs is 1. The maximum atomic E-state index is 10.1. The van der Waals surface area contributed by atoms with E-state index in [9.17, 15) is 4.79 Å². The minimum absolute atomic E-state index is 0.472. The van der Waals surface area contributed by atoms with Crippen LogP contribution in [0.4, 0.5) is 0 Å². The first-order valence-corrected chi connectivity index (χ1v) is 13.0. The fourth-order valence-corrected chi connectivity index (χ4v) is 1.07. The number of nitrogens with one attached hydrogen (secondary N) is 1. The molecule has 2 radical (unpaired) electrons. The van der Waals surface area contributed by atoms with Crippen LogP contribution in [0.25, 0.3) is 16.5 Å². The van der Waals surface area contributed by atoms with Crippen molar-refractivity contribution in [2.45, 2.75) is 33.9 Å². The molecule has 0 atom stereocenters. The van der Waals surface area contributed by atoms with Crippen LogP contribution in [0.5, 0.6) is 0 Å². The second kappa shape index (κ2) is 14.4. The molecule has 2 rings (SSSR count). The topological polar surface area (TPSA) is 40.9 Å². The number of hydrogen-bond acceptors (Lipinski definition) is 1. The van der Waals surface area contributed by atoms with Gasteiger partial charge in [-0.25, -0.2) is 0 Å². The molecule has 0 aliphatic rings. The number of carbonyl (C=O) groups is 1. The van der Waals surface area contributed by atoms with Gasteiger partial charge in [0, 0.05) is 14.9 Å². The van der Waals surface area contributed by atoms with Gasteiger partial charge in [-0.1, -0.05) is 39.9 Å². The smallest absolute Gasteiger partial charge is 0.0809 e. The van der Waals surface area contributed by atoms with Crippen molar-refractivity contribution in [1.29, 1.82) is 0 Å². The maximum Gasteiger partial charge on any atom is -0.0809 e. The van der Waals surface area contributed by atoms with Gasteiger partial charge in [0.1, 0.15) is 0 Å². The Hall–Kier alpha value is -0.189. The fraction of sp³-hybridized carbons (Fsp3) is 0.375. The monoisotopic (exact) mass is 391 g/mol. The minimum Gasteiger partial charge on any atom is -0.168 e. The van der Waals surface area contributed by atoms with E-state index in [-0.39, 0.29) is 0 Å². The van der Waals surface area contributed by atoms with Crippen molar-refractivity contribution in [3.63, 3.8) is 0 Å². The van der Waals surface area contributed by atoms with E-state index in [4.69, 9.17) is 24.3 Å².